The van der Waals surface area contributed by atoms with E-state index in [1.165, 1.54) is 0 Å². The third kappa shape index (κ3) is 4.70. The van der Waals surface area contributed by atoms with Gasteiger partial charge in [0.1, 0.15) is 12.1 Å². The molecule has 0 aliphatic carbocycles. The second-order valence-corrected chi connectivity index (χ2v) is 7.48. The number of nitrogens with one attached hydrogen (secondary N) is 2. The average molecular weight is 400 g/mol. The van der Waals surface area contributed by atoms with E-state index in [1.807, 2.05) is 36.4 Å². The van der Waals surface area contributed by atoms with Crippen LogP contribution in [0.2, 0.25) is 5.02 Å². The minimum Gasteiger partial charge on any atom is -0.350 e. The number of imide groups is 1. The minimum atomic E-state index is -1.01. The second-order valence-electron chi connectivity index (χ2n) is 7.05. The fourth-order valence-corrected chi connectivity index (χ4v) is 3.36. The highest BCUT2D eigenvalue weighted by Crippen LogP contribution is 2.23. The molecular weight excluding hydrogens is 378 g/mol. The molecule has 0 unspecified atom stereocenters. The predicted molar refractivity (Wildman–Crippen MR) is 107 cm³/mol. The summed E-state index contributed by atoms with van der Waals surface area (Å²) in [6.45, 7) is 1.65. The zero-order valence-electron chi connectivity index (χ0n) is 15.6. The maximum Gasteiger partial charge on any atom is 0.325 e. The zero-order valence-corrected chi connectivity index (χ0v) is 16.3. The Kier molecular flexibility index (Phi) is 5.99. The first kappa shape index (κ1) is 19.9. The molecule has 1 fully saturated rings. The van der Waals surface area contributed by atoms with E-state index in [1.54, 1.807) is 25.1 Å². The van der Waals surface area contributed by atoms with Crippen molar-refractivity contribution in [2.24, 2.45) is 0 Å². The van der Waals surface area contributed by atoms with Gasteiger partial charge < -0.3 is 10.6 Å². The minimum absolute atomic E-state index is 0.272. The number of rotatable bonds is 7. The van der Waals surface area contributed by atoms with Gasteiger partial charge in [0.2, 0.25) is 5.91 Å². The number of nitrogens with zero attached hydrogens (tertiary/aromatic N) is 1. The molecule has 2 aromatic rings. The molecule has 1 aliphatic heterocycles. The van der Waals surface area contributed by atoms with Crippen LogP contribution in [0.4, 0.5) is 4.79 Å². The van der Waals surface area contributed by atoms with Crippen LogP contribution in [0.1, 0.15) is 24.5 Å². The lowest BCUT2D eigenvalue weighted by Crippen LogP contribution is -2.45. The lowest BCUT2D eigenvalue weighted by molar-refractivity contribution is -0.134. The Hall–Kier alpha value is -2.86. The molecule has 2 aromatic carbocycles. The molecule has 146 valence electrons. The van der Waals surface area contributed by atoms with Crippen LogP contribution in [-0.2, 0) is 22.6 Å². The van der Waals surface area contributed by atoms with Crippen LogP contribution in [0.3, 0.4) is 0 Å². The Labute approximate surface area is 168 Å². The van der Waals surface area contributed by atoms with E-state index in [4.69, 9.17) is 11.6 Å². The quantitative estimate of drug-likeness (QED) is 0.702. The van der Waals surface area contributed by atoms with Gasteiger partial charge in [-0.25, -0.2) is 4.79 Å². The van der Waals surface area contributed by atoms with Crippen molar-refractivity contribution in [3.8, 4) is 0 Å². The molecule has 0 spiro atoms. The van der Waals surface area contributed by atoms with Gasteiger partial charge in [0.05, 0.1) is 0 Å². The summed E-state index contributed by atoms with van der Waals surface area (Å²) in [7, 11) is 0. The van der Waals surface area contributed by atoms with E-state index in [0.717, 1.165) is 16.0 Å². The number of halogens is 1. The fraction of sp³-hybridized carbons (Fsp3) is 0.286. The van der Waals surface area contributed by atoms with Gasteiger partial charge >= 0.3 is 6.03 Å². The van der Waals surface area contributed by atoms with E-state index < -0.39 is 17.5 Å². The molecule has 0 bridgehead atoms. The van der Waals surface area contributed by atoms with E-state index in [-0.39, 0.29) is 19.0 Å². The van der Waals surface area contributed by atoms with Crippen molar-refractivity contribution in [2.75, 3.05) is 6.54 Å². The molecule has 1 aliphatic rings. The maximum atomic E-state index is 12.8. The summed E-state index contributed by atoms with van der Waals surface area (Å²) in [5, 5.41) is 6.01. The molecule has 1 heterocycles. The molecule has 4 amide bonds. The lowest BCUT2D eigenvalue weighted by atomic mass is 9.93. The molecule has 0 aromatic heterocycles. The summed E-state index contributed by atoms with van der Waals surface area (Å²) in [4.78, 5) is 38.2. The van der Waals surface area contributed by atoms with Gasteiger partial charge in [0, 0.05) is 11.6 Å². The normalized spacial score (nSPS) is 18.9. The summed E-state index contributed by atoms with van der Waals surface area (Å²) in [5.41, 5.74) is 0.911. The number of hydrogen-bond donors (Lipinski definition) is 2. The van der Waals surface area contributed by atoms with Gasteiger partial charge in [-0.1, -0.05) is 54.1 Å². The Balaban J connectivity index is 1.56. The number of carbonyl (C=O) groups is 3. The standard InChI is InChI=1S/C21H22ClN3O3/c1-21(11-10-15-6-3-2-4-7-15)19(27)25(20(28)24-21)14-18(26)23-13-16-8-5-9-17(22)12-16/h2-9,12H,10-11,13-14H2,1H3,(H,23,26)(H,24,28)/t21-/m0/s1. The molecule has 1 saturated heterocycles. The molecule has 6 nitrogen and oxygen atoms in total. The van der Waals surface area contributed by atoms with Crippen LogP contribution in [-0.4, -0.2) is 34.8 Å². The van der Waals surface area contributed by atoms with Crippen molar-refractivity contribution in [2.45, 2.75) is 31.8 Å². The van der Waals surface area contributed by atoms with E-state index >= 15 is 0 Å². The maximum absolute atomic E-state index is 12.8. The molecule has 28 heavy (non-hydrogen) atoms. The number of carbonyl (C=O) groups excluding carboxylic acids is 3. The molecule has 2 N–H and O–H groups in total. The monoisotopic (exact) mass is 399 g/mol. The van der Waals surface area contributed by atoms with Crippen molar-refractivity contribution < 1.29 is 14.4 Å². The molecule has 3 rings (SSSR count). The van der Waals surface area contributed by atoms with E-state index in [9.17, 15) is 14.4 Å². The first-order valence-electron chi connectivity index (χ1n) is 9.06. The number of amides is 4. The van der Waals surface area contributed by atoms with Crippen LogP contribution >= 0.6 is 11.6 Å². The Bertz CT molecular complexity index is 887. The Morgan fingerprint density at radius 2 is 1.82 bits per heavy atom. The third-order valence-corrected chi connectivity index (χ3v) is 5.02. The van der Waals surface area contributed by atoms with Crippen molar-refractivity contribution in [3.63, 3.8) is 0 Å². The summed E-state index contributed by atoms with van der Waals surface area (Å²) >= 11 is 5.92. The van der Waals surface area contributed by atoms with E-state index in [0.29, 0.717) is 17.9 Å². The van der Waals surface area contributed by atoms with Crippen LogP contribution in [0, 0.1) is 0 Å². The summed E-state index contributed by atoms with van der Waals surface area (Å²) in [6, 6.07) is 16.3. The highest BCUT2D eigenvalue weighted by Gasteiger charge is 2.47. The third-order valence-electron chi connectivity index (χ3n) is 4.78. The van der Waals surface area contributed by atoms with Gasteiger partial charge in [0.25, 0.3) is 5.91 Å². The Morgan fingerprint density at radius 1 is 1.11 bits per heavy atom. The molecule has 0 saturated carbocycles. The van der Waals surface area contributed by atoms with Gasteiger partial charge in [-0.3, -0.25) is 14.5 Å². The molecular formula is C21H22ClN3O3. The number of urea groups is 1. The topological polar surface area (TPSA) is 78.5 Å². The summed E-state index contributed by atoms with van der Waals surface area (Å²) in [5.74, 6) is -0.790. The molecule has 1 atom stereocenters. The SMILES string of the molecule is C[C@@]1(CCc2ccccc2)NC(=O)N(CC(=O)NCc2cccc(Cl)c2)C1=O. The van der Waals surface area contributed by atoms with Gasteiger partial charge in [-0.05, 0) is 43.0 Å². The molecule has 7 heteroatoms. The second kappa shape index (κ2) is 8.44. The number of hydrogen-bond acceptors (Lipinski definition) is 3. The first-order chi connectivity index (χ1) is 13.4. The van der Waals surface area contributed by atoms with Crippen molar-refractivity contribution in [1.82, 2.24) is 15.5 Å². The molecule has 0 radical (unpaired) electrons. The number of aryl methyl sites for hydroxylation is 1. The first-order valence-corrected chi connectivity index (χ1v) is 9.44. The van der Waals surface area contributed by atoms with Gasteiger partial charge in [0.15, 0.2) is 0 Å². The predicted octanol–water partition coefficient (Wildman–Crippen LogP) is 2.90. The van der Waals surface area contributed by atoms with Crippen LogP contribution in [0.25, 0.3) is 0 Å². The number of benzene rings is 2. The smallest absolute Gasteiger partial charge is 0.325 e. The van der Waals surface area contributed by atoms with Gasteiger partial charge in [-0.15, -0.1) is 0 Å². The van der Waals surface area contributed by atoms with E-state index in [2.05, 4.69) is 10.6 Å². The van der Waals surface area contributed by atoms with Crippen molar-refractivity contribution in [1.29, 1.82) is 0 Å². The zero-order chi connectivity index (χ0) is 20.1. The Morgan fingerprint density at radius 3 is 2.54 bits per heavy atom. The lowest BCUT2D eigenvalue weighted by Gasteiger charge is -2.21. The summed E-state index contributed by atoms with van der Waals surface area (Å²) < 4.78 is 0. The van der Waals surface area contributed by atoms with Crippen molar-refractivity contribution >= 4 is 29.4 Å². The van der Waals surface area contributed by atoms with Gasteiger partial charge in [-0.2, -0.15) is 0 Å². The highest BCUT2D eigenvalue weighted by molar-refractivity contribution is 6.30. The van der Waals surface area contributed by atoms with Crippen molar-refractivity contribution in [3.05, 3.63) is 70.7 Å². The highest BCUT2D eigenvalue weighted by atomic mass is 35.5. The largest absolute Gasteiger partial charge is 0.350 e. The fourth-order valence-electron chi connectivity index (χ4n) is 3.15. The summed E-state index contributed by atoms with van der Waals surface area (Å²) in [6.07, 6.45) is 1.11. The van der Waals surface area contributed by atoms with Crippen LogP contribution in [0.15, 0.2) is 54.6 Å². The van der Waals surface area contributed by atoms with Crippen LogP contribution in [0.5, 0.6) is 0 Å². The van der Waals surface area contributed by atoms with Crippen LogP contribution < -0.4 is 10.6 Å². The average Bonchev–Trinajstić information content (AvgIpc) is 2.89.